The molecule has 1 saturated heterocycles. The van der Waals surface area contributed by atoms with Gasteiger partial charge in [-0.05, 0) is 42.9 Å². The third-order valence-electron chi connectivity index (χ3n) is 5.16. The number of carbonyl (C=O) groups excluding carboxylic acids is 1. The van der Waals surface area contributed by atoms with Crippen LogP contribution in [0.4, 0.5) is 0 Å². The molecule has 1 aliphatic rings. The number of benzene rings is 1. The van der Waals surface area contributed by atoms with E-state index in [1.165, 1.54) is 11.6 Å². The van der Waals surface area contributed by atoms with E-state index >= 15 is 0 Å². The molecule has 2 aromatic rings. The van der Waals surface area contributed by atoms with Gasteiger partial charge in [-0.2, -0.15) is 0 Å². The number of amides is 1. The smallest absolute Gasteiger partial charge is 0.339 e. The van der Waals surface area contributed by atoms with Crippen LogP contribution in [-0.4, -0.2) is 42.1 Å². The van der Waals surface area contributed by atoms with Crippen LogP contribution < -0.4 is 4.74 Å². The zero-order chi connectivity index (χ0) is 19.4. The molecule has 1 aromatic heterocycles. The maximum absolute atomic E-state index is 12.7. The molecule has 1 aromatic carbocycles. The summed E-state index contributed by atoms with van der Waals surface area (Å²) in [5.41, 5.74) is 1.35. The lowest BCUT2D eigenvalue weighted by atomic mass is 9.90. The number of nitrogens with zero attached hydrogens (tertiary/aromatic N) is 1. The van der Waals surface area contributed by atoms with Gasteiger partial charge >= 0.3 is 5.97 Å². The van der Waals surface area contributed by atoms with Crippen molar-refractivity contribution < 1.29 is 23.8 Å². The molecule has 144 valence electrons. The number of furan rings is 1. The van der Waals surface area contributed by atoms with Gasteiger partial charge in [0, 0.05) is 25.6 Å². The number of hydrogen-bond acceptors (Lipinski definition) is 4. The number of carboxylic acids is 1. The van der Waals surface area contributed by atoms with Gasteiger partial charge in [-0.15, -0.1) is 0 Å². The van der Waals surface area contributed by atoms with Gasteiger partial charge in [0.05, 0.1) is 7.11 Å². The summed E-state index contributed by atoms with van der Waals surface area (Å²) in [5, 5.41) is 9.22. The van der Waals surface area contributed by atoms with Crippen molar-refractivity contribution in [1.82, 2.24) is 4.90 Å². The van der Waals surface area contributed by atoms with Gasteiger partial charge in [0.25, 0.3) is 5.91 Å². The van der Waals surface area contributed by atoms with Crippen molar-refractivity contribution in [2.24, 2.45) is 5.92 Å². The molecule has 0 unspecified atom stereocenters. The molecule has 1 fully saturated rings. The van der Waals surface area contributed by atoms with E-state index in [0.717, 1.165) is 25.0 Å². The molecule has 1 aliphatic heterocycles. The summed E-state index contributed by atoms with van der Waals surface area (Å²) in [7, 11) is 1.66. The first kappa shape index (κ1) is 19.0. The molecule has 6 nitrogen and oxygen atoms in total. The molecule has 27 heavy (non-hydrogen) atoms. The molecule has 3 rings (SSSR count). The number of ether oxygens (including phenoxy) is 1. The number of likely N-dealkylation sites (tertiary alicyclic amines) is 1. The van der Waals surface area contributed by atoms with Crippen molar-refractivity contribution in [2.45, 2.75) is 32.6 Å². The minimum Gasteiger partial charge on any atom is -0.497 e. The number of aryl methyl sites for hydroxylation is 1. The molecule has 1 amide bonds. The highest BCUT2D eigenvalue weighted by atomic mass is 16.5. The summed E-state index contributed by atoms with van der Waals surface area (Å²) in [6.07, 6.45) is 3.27. The van der Waals surface area contributed by atoms with Gasteiger partial charge in [0.2, 0.25) is 0 Å². The molecular weight excluding hydrogens is 346 g/mol. The zero-order valence-electron chi connectivity index (χ0n) is 15.7. The van der Waals surface area contributed by atoms with E-state index in [-0.39, 0.29) is 17.2 Å². The van der Waals surface area contributed by atoms with Crippen LogP contribution in [0, 0.1) is 5.92 Å². The van der Waals surface area contributed by atoms with Crippen molar-refractivity contribution in [1.29, 1.82) is 0 Å². The van der Waals surface area contributed by atoms with E-state index in [2.05, 4.69) is 12.1 Å². The Hall–Kier alpha value is -2.76. The van der Waals surface area contributed by atoms with Crippen LogP contribution in [0.3, 0.4) is 0 Å². The van der Waals surface area contributed by atoms with E-state index in [1.807, 2.05) is 19.1 Å². The van der Waals surface area contributed by atoms with Gasteiger partial charge in [0.15, 0.2) is 5.76 Å². The SMILES string of the molecule is CCc1oc(C(=O)N2CCC(Cc3ccc(OC)cc3)CC2)cc1C(=O)O. The number of aromatic carboxylic acids is 1. The Morgan fingerprint density at radius 3 is 2.41 bits per heavy atom. The molecule has 0 aliphatic carbocycles. The molecule has 0 atom stereocenters. The predicted molar refractivity (Wildman–Crippen MR) is 100 cm³/mol. The van der Waals surface area contributed by atoms with Crippen molar-refractivity contribution in [3.63, 3.8) is 0 Å². The van der Waals surface area contributed by atoms with Crippen molar-refractivity contribution in [3.05, 3.63) is 53.0 Å². The number of piperidine rings is 1. The monoisotopic (exact) mass is 371 g/mol. The van der Waals surface area contributed by atoms with Crippen molar-refractivity contribution >= 4 is 11.9 Å². The maximum Gasteiger partial charge on any atom is 0.339 e. The van der Waals surface area contributed by atoms with Crippen LogP contribution in [0.15, 0.2) is 34.7 Å². The second-order valence-corrected chi connectivity index (χ2v) is 6.89. The Kier molecular flexibility index (Phi) is 5.84. The summed E-state index contributed by atoms with van der Waals surface area (Å²) in [5.74, 6) is 0.565. The molecule has 0 radical (unpaired) electrons. The van der Waals surface area contributed by atoms with E-state index in [4.69, 9.17) is 9.15 Å². The van der Waals surface area contributed by atoms with Crippen LogP contribution in [0.2, 0.25) is 0 Å². The number of methoxy groups -OCH3 is 1. The molecular formula is C21H25NO5. The standard InChI is InChI=1S/C21H25NO5/c1-3-18-17(21(24)25)13-19(27-18)20(23)22-10-8-15(9-11-22)12-14-4-6-16(26-2)7-5-14/h4-7,13,15H,3,8-12H2,1-2H3,(H,24,25). The highest BCUT2D eigenvalue weighted by Crippen LogP contribution is 2.25. The zero-order valence-corrected chi connectivity index (χ0v) is 15.7. The first-order valence-electron chi connectivity index (χ1n) is 9.30. The summed E-state index contributed by atoms with van der Waals surface area (Å²) in [6.45, 7) is 3.12. The molecule has 0 bridgehead atoms. The van der Waals surface area contributed by atoms with Gasteiger partial charge in [-0.3, -0.25) is 4.79 Å². The van der Waals surface area contributed by atoms with Crippen molar-refractivity contribution in [2.75, 3.05) is 20.2 Å². The number of carbonyl (C=O) groups is 2. The first-order valence-corrected chi connectivity index (χ1v) is 9.30. The summed E-state index contributed by atoms with van der Waals surface area (Å²) in [6, 6.07) is 9.46. The second kappa shape index (κ2) is 8.29. The lowest BCUT2D eigenvalue weighted by molar-refractivity contribution is 0.0654. The van der Waals surface area contributed by atoms with E-state index in [1.54, 1.807) is 12.0 Å². The Morgan fingerprint density at radius 2 is 1.89 bits per heavy atom. The third-order valence-corrected chi connectivity index (χ3v) is 5.16. The lowest BCUT2D eigenvalue weighted by Gasteiger charge is -2.31. The van der Waals surface area contributed by atoms with Gasteiger partial charge < -0.3 is 19.2 Å². The van der Waals surface area contributed by atoms with Crippen LogP contribution in [-0.2, 0) is 12.8 Å². The number of hydrogen-bond donors (Lipinski definition) is 1. The lowest BCUT2D eigenvalue weighted by Crippen LogP contribution is -2.38. The first-order chi connectivity index (χ1) is 13.0. The molecule has 0 saturated carbocycles. The summed E-state index contributed by atoms with van der Waals surface area (Å²) < 4.78 is 10.7. The maximum atomic E-state index is 12.7. The van der Waals surface area contributed by atoms with E-state index in [9.17, 15) is 14.7 Å². The minimum absolute atomic E-state index is 0.0789. The fraction of sp³-hybridized carbons (Fsp3) is 0.429. The number of rotatable bonds is 6. The molecule has 2 heterocycles. The van der Waals surface area contributed by atoms with Crippen LogP contribution in [0.5, 0.6) is 5.75 Å². The second-order valence-electron chi connectivity index (χ2n) is 6.89. The molecule has 6 heteroatoms. The Morgan fingerprint density at radius 1 is 1.22 bits per heavy atom. The quantitative estimate of drug-likeness (QED) is 0.838. The summed E-state index contributed by atoms with van der Waals surface area (Å²) >= 11 is 0. The third kappa shape index (κ3) is 4.32. The Labute approximate surface area is 158 Å². The minimum atomic E-state index is -1.06. The predicted octanol–water partition coefficient (Wildman–Crippen LogP) is 3.64. The van der Waals surface area contributed by atoms with Crippen LogP contribution in [0.1, 0.15) is 52.0 Å². The van der Waals surface area contributed by atoms with Gasteiger partial charge in [-0.25, -0.2) is 4.79 Å². The fourth-order valence-corrected chi connectivity index (χ4v) is 3.57. The average molecular weight is 371 g/mol. The van der Waals surface area contributed by atoms with Crippen LogP contribution >= 0.6 is 0 Å². The van der Waals surface area contributed by atoms with Gasteiger partial charge in [0.1, 0.15) is 17.1 Å². The highest BCUT2D eigenvalue weighted by Gasteiger charge is 2.27. The van der Waals surface area contributed by atoms with E-state index in [0.29, 0.717) is 31.2 Å². The van der Waals surface area contributed by atoms with Gasteiger partial charge in [-0.1, -0.05) is 19.1 Å². The Bertz CT molecular complexity index is 800. The fourth-order valence-electron chi connectivity index (χ4n) is 3.57. The normalized spacial score (nSPS) is 15.0. The Balaban J connectivity index is 1.58. The van der Waals surface area contributed by atoms with E-state index < -0.39 is 5.97 Å². The van der Waals surface area contributed by atoms with Crippen molar-refractivity contribution in [3.8, 4) is 5.75 Å². The molecule has 0 spiro atoms. The summed E-state index contributed by atoms with van der Waals surface area (Å²) in [4.78, 5) is 25.7. The van der Waals surface area contributed by atoms with Crippen LogP contribution in [0.25, 0.3) is 0 Å². The molecule has 1 N–H and O–H groups in total. The highest BCUT2D eigenvalue weighted by molar-refractivity contribution is 5.96. The number of carboxylic acid groups (broad SMARTS) is 1. The topological polar surface area (TPSA) is 80.0 Å². The average Bonchev–Trinajstić information content (AvgIpc) is 3.13. The largest absolute Gasteiger partial charge is 0.497 e.